The molecule has 3 aromatic rings. The summed E-state index contributed by atoms with van der Waals surface area (Å²) in [4.78, 5) is 3.07. The lowest BCUT2D eigenvalue weighted by Gasteiger charge is -2.21. The van der Waals surface area contributed by atoms with Crippen molar-refractivity contribution in [1.82, 2.24) is 4.57 Å². The van der Waals surface area contributed by atoms with Crippen LogP contribution in [0.25, 0.3) is 21.3 Å². The Morgan fingerprint density at radius 1 is 1.12 bits per heavy atom. The van der Waals surface area contributed by atoms with Gasteiger partial charge in [0.15, 0.2) is 0 Å². The fourth-order valence-electron chi connectivity index (χ4n) is 3.95. The lowest BCUT2D eigenvalue weighted by molar-refractivity contribution is 0.174. The smallest absolute Gasteiger partial charge is 0.131 e. The number of para-hydroxylation sites is 1. The van der Waals surface area contributed by atoms with E-state index in [4.69, 9.17) is 10.3 Å². The van der Waals surface area contributed by atoms with Crippen LogP contribution in [0, 0.1) is 20.8 Å². The lowest BCUT2D eigenvalue weighted by atomic mass is 10.1. The zero-order valence-corrected chi connectivity index (χ0v) is 14.6. The van der Waals surface area contributed by atoms with Gasteiger partial charge in [-0.05, 0) is 54.9 Å². The topological polar surface area (TPSA) is 62.9 Å². The molecule has 126 valence electrons. The largest absolute Gasteiger partial charge is 0.487 e. The van der Waals surface area contributed by atoms with E-state index in [1.807, 2.05) is 12.1 Å². The summed E-state index contributed by atoms with van der Waals surface area (Å²) in [5, 5.41) is 5.21. The fourth-order valence-corrected chi connectivity index (χ4v) is 3.95. The molecule has 0 saturated carbocycles. The van der Waals surface area contributed by atoms with E-state index in [2.05, 4.69) is 65.7 Å². The third kappa shape index (κ3) is 2.53. The number of aromatic nitrogens is 1. The highest BCUT2D eigenvalue weighted by atomic mass is 16.5. The van der Waals surface area contributed by atoms with Crippen molar-refractivity contribution in [2.75, 3.05) is 0 Å². The highest BCUT2D eigenvalue weighted by Crippen LogP contribution is 2.38. The maximum atomic E-state index is 9.05. The van der Waals surface area contributed by atoms with Gasteiger partial charge in [-0.1, -0.05) is 41.0 Å². The van der Waals surface area contributed by atoms with Crippen LogP contribution < -0.4 is 4.74 Å². The molecule has 0 spiro atoms. The van der Waals surface area contributed by atoms with E-state index >= 15 is 0 Å². The van der Waals surface area contributed by atoms with Gasteiger partial charge in [-0.15, -0.1) is 0 Å². The Labute approximate surface area is 146 Å². The lowest BCUT2D eigenvalue weighted by Crippen LogP contribution is -2.22. The van der Waals surface area contributed by atoms with Crippen molar-refractivity contribution < 1.29 is 4.74 Å². The first-order chi connectivity index (χ1) is 12.1. The maximum Gasteiger partial charge on any atom is 0.131 e. The number of rotatable bonds is 3. The van der Waals surface area contributed by atoms with Crippen LogP contribution in [0.2, 0.25) is 0 Å². The van der Waals surface area contributed by atoms with Gasteiger partial charge in [0.2, 0.25) is 0 Å². The second-order valence-electron chi connectivity index (χ2n) is 6.77. The second-order valence-corrected chi connectivity index (χ2v) is 6.77. The summed E-state index contributed by atoms with van der Waals surface area (Å²) in [7, 11) is 0. The Morgan fingerprint density at radius 2 is 1.84 bits per heavy atom. The monoisotopic (exact) mass is 332 g/mol. The van der Waals surface area contributed by atoms with Crippen LogP contribution >= 0.6 is 0 Å². The van der Waals surface area contributed by atoms with Gasteiger partial charge in [0.1, 0.15) is 17.9 Å². The van der Waals surface area contributed by atoms with Crippen LogP contribution in [0.15, 0.2) is 47.6 Å². The van der Waals surface area contributed by atoms with Crippen molar-refractivity contribution in [3.05, 3.63) is 75.3 Å². The Kier molecular flexibility index (Phi) is 3.66. The molecule has 5 heteroatoms. The zero-order chi connectivity index (χ0) is 17.6. The highest BCUT2D eigenvalue weighted by Gasteiger charge is 2.35. The summed E-state index contributed by atoms with van der Waals surface area (Å²) in [5.41, 5.74) is 14.7. The number of azide groups is 1. The van der Waals surface area contributed by atoms with Crippen LogP contribution in [-0.2, 0) is 6.54 Å². The first-order valence-electron chi connectivity index (χ1n) is 8.45. The Balaban J connectivity index is 1.75. The minimum Gasteiger partial charge on any atom is -0.487 e. The molecule has 25 heavy (non-hydrogen) atoms. The van der Waals surface area contributed by atoms with Crippen LogP contribution in [0.5, 0.6) is 5.75 Å². The van der Waals surface area contributed by atoms with Gasteiger partial charge in [0.05, 0.1) is 6.54 Å². The molecule has 1 aromatic heterocycles. The third-order valence-electron chi connectivity index (χ3n) is 4.91. The summed E-state index contributed by atoms with van der Waals surface area (Å²) in [6, 6.07) is 14.2. The summed E-state index contributed by atoms with van der Waals surface area (Å²) >= 11 is 0. The minimum absolute atomic E-state index is 0.199. The standard InChI is InChI=1S/C20H20N4O/c1-12-8-13(2)20(14(3)9-12)25-18-11-24-16-7-5-4-6-15(16)10-17(24)19(18)22-23-21/h4-10,18-19H,11H2,1-3H3/t18-,19-/m1/s1. The average molecular weight is 332 g/mol. The van der Waals surface area contributed by atoms with Gasteiger partial charge in [-0.3, -0.25) is 0 Å². The van der Waals surface area contributed by atoms with Crippen molar-refractivity contribution in [2.24, 2.45) is 5.11 Å². The minimum atomic E-state index is -0.322. The van der Waals surface area contributed by atoms with E-state index in [0.29, 0.717) is 6.54 Å². The number of aryl methyl sites for hydroxylation is 3. The molecule has 0 radical (unpaired) electrons. The summed E-state index contributed by atoms with van der Waals surface area (Å²) in [6.45, 7) is 6.88. The number of hydrogen-bond acceptors (Lipinski definition) is 2. The molecule has 2 heterocycles. The highest BCUT2D eigenvalue weighted by molar-refractivity contribution is 5.82. The second kappa shape index (κ2) is 5.87. The fraction of sp³-hybridized carbons (Fsp3) is 0.300. The van der Waals surface area contributed by atoms with Crippen LogP contribution in [0.1, 0.15) is 28.4 Å². The quantitative estimate of drug-likeness (QED) is 0.361. The molecule has 0 saturated heterocycles. The molecule has 0 bridgehead atoms. The zero-order valence-electron chi connectivity index (χ0n) is 14.6. The molecular weight excluding hydrogens is 312 g/mol. The number of fused-ring (bicyclic) bond motifs is 3. The number of benzene rings is 2. The predicted octanol–water partition coefficient (Wildman–Crippen LogP) is 5.38. The maximum absolute atomic E-state index is 9.05. The van der Waals surface area contributed by atoms with Gasteiger partial charge in [0.25, 0.3) is 0 Å². The molecule has 2 aromatic carbocycles. The Bertz CT molecular complexity index is 991. The van der Waals surface area contributed by atoms with Gasteiger partial charge in [-0.2, -0.15) is 0 Å². The molecule has 5 nitrogen and oxygen atoms in total. The number of hydrogen-bond donors (Lipinski definition) is 0. The molecule has 4 rings (SSSR count). The molecule has 0 unspecified atom stereocenters. The summed E-state index contributed by atoms with van der Waals surface area (Å²) < 4.78 is 8.57. The van der Waals surface area contributed by atoms with E-state index in [0.717, 1.165) is 33.5 Å². The van der Waals surface area contributed by atoms with E-state index in [9.17, 15) is 0 Å². The van der Waals surface area contributed by atoms with Crippen molar-refractivity contribution in [3.63, 3.8) is 0 Å². The van der Waals surface area contributed by atoms with Crippen molar-refractivity contribution in [1.29, 1.82) is 0 Å². The van der Waals surface area contributed by atoms with E-state index in [1.54, 1.807) is 0 Å². The van der Waals surface area contributed by atoms with Crippen molar-refractivity contribution in [3.8, 4) is 5.75 Å². The van der Waals surface area contributed by atoms with Crippen LogP contribution in [-0.4, -0.2) is 10.7 Å². The van der Waals surface area contributed by atoms with Gasteiger partial charge in [-0.25, -0.2) is 0 Å². The van der Waals surface area contributed by atoms with Crippen LogP contribution in [0.4, 0.5) is 0 Å². The molecular formula is C20H20N4O. The summed E-state index contributed by atoms with van der Waals surface area (Å²) in [5.74, 6) is 0.892. The van der Waals surface area contributed by atoms with Gasteiger partial charge < -0.3 is 9.30 Å². The van der Waals surface area contributed by atoms with Crippen molar-refractivity contribution in [2.45, 2.75) is 39.5 Å². The first-order valence-corrected chi connectivity index (χ1v) is 8.45. The SMILES string of the molecule is Cc1cc(C)c(O[C@@H]2Cn3c(cc4ccccc43)[C@H]2N=[N+]=[N-])c(C)c1. The summed E-state index contributed by atoms with van der Waals surface area (Å²) in [6.07, 6.45) is -0.199. The van der Waals surface area contributed by atoms with Gasteiger partial charge >= 0.3 is 0 Å². The molecule has 0 N–H and O–H groups in total. The Morgan fingerprint density at radius 3 is 2.56 bits per heavy atom. The van der Waals surface area contributed by atoms with Crippen molar-refractivity contribution >= 4 is 10.9 Å². The first kappa shape index (κ1) is 15.6. The number of nitrogens with zero attached hydrogens (tertiary/aromatic N) is 4. The van der Waals surface area contributed by atoms with Crippen LogP contribution in [0.3, 0.4) is 0 Å². The molecule has 0 amide bonds. The molecule has 0 fully saturated rings. The van der Waals surface area contributed by atoms with E-state index in [-0.39, 0.29) is 12.1 Å². The van der Waals surface area contributed by atoms with E-state index < -0.39 is 0 Å². The average Bonchev–Trinajstić information content (AvgIpc) is 3.08. The molecule has 0 aliphatic carbocycles. The molecule has 1 aliphatic rings. The van der Waals surface area contributed by atoms with E-state index in [1.165, 1.54) is 5.56 Å². The van der Waals surface area contributed by atoms with Gasteiger partial charge in [0, 0.05) is 16.1 Å². The normalized spacial score (nSPS) is 18.8. The Hall–Kier alpha value is -2.91. The molecule has 2 atom stereocenters. The number of ether oxygens (including phenoxy) is 1. The predicted molar refractivity (Wildman–Crippen MR) is 98.9 cm³/mol. The molecule has 1 aliphatic heterocycles. The third-order valence-corrected chi connectivity index (χ3v) is 4.91.